The number of nitrogens with one attached hydrogen (secondary N) is 1. The predicted octanol–water partition coefficient (Wildman–Crippen LogP) is 3.35. The van der Waals surface area contributed by atoms with Gasteiger partial charge in [0.2, 0.25) is 0 Å². The van der Waals surface area contributed by atoms with E-state index >= 15 is 0 Å². The Hall–Kier alpha value is -1.03. The number of hydrogen-bond acceptors (Lipinski definition) is 2. The summed E-state index contributed by atoms with van der Waals surface area (Å²) in [6.45, 7) is 4.49. The van der Waals surface area contributed by atoms with Crippen LogP contribution in [0.15, 0.2) is 30.6 Å². The average molecular weight is 284 g/mol. The predicted molar refractivity (Wildman–Crippen MR) is 75.2 cm³/mol. The van der Waals surface area contributed by atoms with E-state index in [4.69, 9.17) is 23.2 Å². The third-order valence-electron chi connectivity index (χ3n) is 2.63. The van der Waals surface area contributed by atoms with Gasteiger partial charge < -0.3 is 5.32 Å². The molecule has 3 nitrogen and oxygen atoms in total. The molecule has 0 unspecified atom stereocenters. The molecular weight excluding hydrogens is 269 g/mol. The fraction of sp³-hybridized carbons (Fsp3) is 0.308. The first kappa shape index (κ1) is 13.4. The molecule has 0 aliphatic carbocycles. The van der Waals surface area contributed by atoms with Crippen molar-refractivity contribution < 1.29 is 0 Å². The maximum absolute atomic E-state index is 6.15. The van der Waals surface area contributed by atoms with Crippen molar-refractivity contribution in [3.8, 4) is 0 Å². The van der Waals surface area contributed by atoms with Crippen LogP contribution in [0.3, 0.4) is 0 Å². The van der Waals surface area contributed by atoms with Crippen LogP contribution in [0, 0.1) is 0 Å². The molecule has 1 aromatic heterocycles. The summed E-state index contributed by atoms with van der Waals surface area (Å²) in [7, 11) is 0. The van der Waals surface area contributed by atoms with Gasteiger partial charge in [-0.05, 0) is 18.2 Å². The van der Waals surface area contributed by atoms with Gasteiger partial charge in [0.15, 0.2) is 0 Å². The van der Waals surface area contributed by atoms with E-state index < -0.39 is 0 Å². The van der Waals surface area contributed by atoms with Gasteiger partial charge in [0.05, 0.1) is 22.8 Å². The maximum atomic E-state index is 6.15. The van der Waals surface area contributed by atoms with Crippen LogP contribution in [0.5, 0.6) is 0 Å². The number of benzene rings is 1. The first-order valence-electron chi connectivity index (χ1n) is 5.85. The number of hydrogen-bond donors (Lipinski definition) is 1. The highest BCUT2D eigenvalue weighted by Gasteiger charge is 2.06. The van der Waals surface area contributed by atoms with Crippen molar-refractivity contribution in [2.75, 3.05) is 6.54 Å². The van der Waals surface area contributed by atoms with E-state index in [0.29, 0.717) is 16.6 Å². The third-order valence-corrected chi connectivity index (χ3v) is 3.49. The Morgan fingerprint density at radius 3 is 2.94 bits per heavy atom. The second-order valence-corrected chi connectivity index (χ2v) is 4.82. The topological polar surface area (TPSA) is 29.9 Å². The van der Waals surface area contributed by atoms with Crippen LogP contribution in [-0.4, -0.2) is 16.3 Å². The average Bonchev–Trinajstić information content (AvgIpc) is 2.80. The van der Waals surface area contributed by atoms with Crippen molar-refractivity contribution in [3.63, 3.8) is 0 Å². The molecule has 0 amide bonds. The Bertz CT molecular complexity index is 523. The summed E-state index contributed by atoms with van der Waals surface area (Å²) in [5.41, 5.74) is 2.14. The number of rotatable bonds is 5. The zero-order valence-corrected chi connectivity index (χ0v) is 11.7. The van der Waals surface area contributed by atoms with E-state index in [2.05, 4.69) is 17.3 Å². The van der Waals surface area contributed by atoms with Gasteiger partial charge in [0, 0.05) is 18.3 Å². The summed E-state index contributed by atoms with van der Waals surface area (Å²) in [5, 5.41) is 8.75. The zero-order chi connectivity index (χ0) is 13.0. The van der Waals surface area contributed by atoms with Crippen molar-refractivity contribution >= 4 is 23.2 Å². The van der Waals surface area contributed by atoms with Crippen molar-refractivity contribution in [2.24, 2.45) is 0 Å². The Kier molecular flexibility index (Phi) is 4.64. The van der Waals surface area contributed by atoms with E-state index in [0.717, 1.165) is 24.2 Å². The summed E-state index contributed by atoms with van der Waals surface area (Å²) < 4.78 is 1.87. The monoisotopic (exact) mass is 283 g/mol. The van der Waals surface area contributed by atoms with E-state index in [1.54, 1.807) is 6.07 Å². The Morgan fingerprint density at radius 2 is 2.17 bits per heavy atom. The lowest BCUT2D eigenvalue weighted by Gasteiger charge is -2.05. The lowest BCUT2D eigenvalue weighted by Crippen LogP contribution is -2.11. The van der Waals surface area contributed by atoms with Gasteiger partial charge in [0.25, 0.3) is 0 Å². The lowest BCUT2D eigenvalue weighted by atomic mass is 10.2. The summed E-state index contributed by atoms with van der Waals surface area (Å²) in [5.74, 6) is 0. The quantitative estimate of drug-likeness (QED) is 0.912. The van der Waals surface area contributed by atoms with Gasteiger partial charge in [-0.3, -0.25) is 4.68 Å². The summed E-state index contributed by atoms with van der Waals surface area (Å²) in [6, 6.07) is 5.64. The van der Waals surface area contributed by atoms with Crippen LogP contribution in [0.2, 0.25) is 10.0 Å². The second-order valence-electron chi connectivity index (χ2n) is 4.04. The smallest absolute Gasteiger partial charge is 0.0674 e. The van der Waals surface area contributed by atoms with E-state index in [-0.39, 0.29) is 0 Å². The second kappa shape index (κ2) is 6.23. The molecule has 0 fully saturated rings. The zero-order valence-electron chi connectivity index (χ0n) is 10.2. The largest absolute Gasteiger partial charge is 0.313 e. The molecule has 1 N–H and O–H groups in total. The summed E-state index contributed by atoms with van der Waals surface area (Å²) in [4.78, 5) is 0. The van der Waals surface area contributed by atoms with Crippen LogP contribution in [0.1, 0.15) is 18.1 Å². The first-order chi connectivity index (χ1) is 8.70. The van der Waals surface area contributed by atoms with Crippen LogP contribution in [0.25, 0.3) is 0 Å². The maximum Gasteiger partial charge on any atom is 0.0674 e. The Morgan fingerprint density at radius 1 is 1.33 bits per heavy atom. The number of halogens is 2. The third kappa shape index (κ3) is 3.25. The molecule has 0 spiro atoms. The van der Waals surface area contributed by atoms with Crippen molar-refractivity contribution in [1.29, 1.82) is 0 Å². The fourth-order valence-corrected chi connectivity index (χ4v) is 2.08. The summed E-state index contributed by atoms with van der Waals surface area (Å²) in [6.07, 6.45) is 3.88. The highest BCUT2D eigenvalue weighted by molar-refractivity contribution is 6.42. The van der Waals surface area contributed by atoms with Gasteiger partial charge in [0.1, 0.15) is 0 Å². The Labute approximate surface area is 117 Å². The van der Waals surface area contributed by atoms with Crippen LogP contribution >= 0.6 is 23.2 Å². The fourth-order valence-electron chi connectivity index (χ4n) is 1.70. The minimum atomic E-state index is 0.578. The van der Waals surface area contributed by atoms with Gasteiger partial charge >= 0.3 is 0 Å². The normalized spacial score (nSPS) is 10.8. The minimum absolute atomic E-state index is 0.578. The SMILES string of the molecule is CCNCc1cnn(Cc2cccc(Cl)c2Cl)c1. The molecule has 0 aliphatic heterocycles. The van der Waals surface area contributed by atoms with E-state index in [9.17, 15) is 0 Å². The lowest BCUT2D eigenvalue weighted by molar-refractivity contribution is 0.683. The molecule has 5 heteroatoms. The van der Waals surface area contributed by atoms with Crippen molar-refractivity contribution in [1.82, 2.24) is 15.1 Å². The molecule has 1 aromatic carbocycles. The van der Waals surface area contributed by atoms with Crippen LogP contribution < -0.4 is 5.32 Å². The molecular formula is C13H15Cl2N3. The minimum Gasteiger partial charge on any atom is -0.313 e. The molecule has 0 bridgehead atoms. The molecule has 0 saturated heterocycles. The highest BCUT2D eigenvalue weighted by atomic mass is 35.5. The van der Waals surface area contributed by atoms with Gasteiger partial charge in [-0.1, -0.05) is 42.3 Å². The molecule has 2 rings (SSSR count). The first-order valence-corrected chi connectivity index (χ1v) is 6.61. The Balaban J connectivity index is 2.09. The van der Waals surface area contributed by atoms with Crippen molar-refractivity contribution in [2.45, 2.75) is 20.0 Å². The molecule has 0 atom stereocenters. The number of aromatic nitrogens is 2. The van der Waals surface area contributed by atoms with Gasteiger partial charge in [-0.15, -0.1) is 0 Å². The van der Waals surface area contributed by atoms with Gasteiger partial charge in [-0.2, -0.15) is 5.10 Å². The molecule has 2 aromatic rings. The molecule has 96 valence electrons. The molecule has 18 heavy (non-hydrogen) atoms. The van der Waals surface area contributed by atoms with E-state index in [1.165, 1.54) is 0 Å². The van der Waals surface area contributed by atoms with Crippen LogP contribution in [0.4, 0.5) is 0 Å². The number of nitrogens with zero attached hydrogens (tertiary/aromatic N) is 2. The van der Waals surface area contributed by atoms with Crippen molar-refractivity contribution in [3.05, 3.63) is 51.8 Å². The standard InChI is InChI=1S/C13H15Cl2N3/c1-2-16-6-10-7-17-18(8-10)9-11-4-3-5-12(14)13(11)15/h3-5,7-8,16H,2,6,9H2,1H3. The molecule has 0 aliphatic rings. The van der Waals surface area contributed by atoms with E-state index in [1.807, 2.05) is 29.2 Å². The molecule has 0 radical (unpaired) electrons. The van der Waals surface area contributed by atoms with Crippen LogP contribution in [-0.2, 0) is 13.1 Å². The van der Waals surface area contributed by atoms with Gasteiger partial charge in [-0.25, -0.2) is 0 Å². The summed E-state index contributed by atoms with van der Waals surface area (Å²) >= 11 is 12.1. The molecule has 1 heterocycles. The highest BCUT2D eigenvalue weighted by Crippen LogP contribution is 2.25. The molecule has 0 saturated carbocycles.